The Kier molecular flexibility index (Phi) is 7.53. The van der Waals surface area contributed by atoms with Gasteiger partial charge in [-0.25, -0.2) is 39.5 Å². The van der Waals surface area contributed by atoms with Gasteiger partial charge in [0.05, 0.1) is 0 Å². The number of alkyl halides is 9. The lowest BCUT2D eigenvalue weighted by atomic mass is 10.00. The van der Waals surface area contributed by atoms with Gasteiger partial charge in [0.1, 0.15) is 6.67 Å². The maximum Gasteiger partial charge on any atom is 0.231 e. The van der Waals surface area contributed by atoms with Gasteiger partial charge >= 0.3 is 0 Å². The molecule has 1 N–H and O–H groups in total. The first kappa shape index (κ1) is 18.3. The zero-order valence-corrected chi connectivity index (χ0v) is 9.17. The Labute approximate surface area is 102 Å². The third-order valence-electron chi connectivity index (χ3n) is 2.28. The molecule has 1 nitrogen and oxygen atoms in total. The van der Waals surface area contributed by atoms with Crippen molar-refractivity contribution >= 4 is 0 Å². The van der Waals surface area contributed by atoms with Gasteiger partial charge in [-0.05, 0) is 0 Å². The number of hydrogen-bond donors (Lipinski definition) is 1. The lowest BCUT2D eigenvalue weighted by molar-refractivity contribution is -0.0934. The van der Waals surface area contributed by atoms with Crippen LogP contribution in [0.4, 0.5) is 39.5 Å². The summed E-state index contributed by atoms with van der Waals surface area (Å²) in [4.78, 5) is 0. The van der Waals surface area contributed by atoms with Crippen LogP contribution in [-0.2, 0) is 0 Å². The van der Waals surface area contributed by atoms with Crippen molar-refractivity contribution in [1.29, 1.82) is 0 Å². The number of rotatable bonds is 8. The largest absolute Gasteiger partial charge is 0.362 e. The summed E-state index contributed by atoms with van der Waals surface area (Å²) in [7, 11) is 0. The quantitative estimate of drug-likeness (QED) is 0.684. The van der Waals surface area contributed by atoms with Crippen LogP contribution in [0.15, 0.2) is 0 Å². The van der Waals surface area contributed by atoms with Gasteiger partial charge in [-0.2, -0.15) is 0 Å². The minimum absolute atomic E-state index is 2.03. The molecule has 10 heteroatoms. The van der Waals surface area contributed by atoms with E-state index in [0.717, 1.165) is 0 Å². The first-order valence-corrected chi connectivity index (χ1v) is 5.01. The van der Waals surface area contributed by atoms with E-state index in [4.69, 9.17) is 5.11 Å². The molecule has 0 aliphatic rings. The predicted molar refractivity (Wildman–Crippen MR) is 47.4 cm³/mol. The highest BCUT2D eigenvalue weighted by Gasteiger charge is 2.47. The zero-order valence-electron chi connectivity index (χ0n) is 9.17. The molecule has 0 bridgehead atoms. The summed E-state index contributed by atoms with van der Waals surface area (Å²) < 4.78 is 112. The Morgan fingerprint density at radius 2 is 0.895 bits per heavy atom. The molecule has 0 saturated carbocycles. The Hall–Kier alpha value is -0.670. The van der Waals surface area contributed by atoms with E-state index < -0.39 is 56.2 Å². The second kappa shape index (κ2) is 7.81. The van der Waals surface area contributed by atoms with Crippen LogP contribution in [0, 0.1) is 0 Å². The van der Waals surface area contributed by atoms with Gasteiger partial charge in [0.25, 0.3) is 0 Å². The molecule has 0 heterocycles. The monoisotopic (exact) mass is 306 g/mol. The summed E-state index contributed by atoms with van der Waals surface area (Å²) in [6.45, 7) is -2.03. The van der Waals surface area contributed by atoms with Gasteiger partial charge in [0, 0.05) is 0 Å². The second-order valence-corrected chi connectivity index (χ2v) is 3.71. The third-order valence-corrected chi connectivity index (χ3v) is 2.28. The first-order valence-electron chi connectivity index (χ1n) is 5.01. The molecule has 0 fully saturated rings. The van der Waals surface area contributed by atoms with Crippen molar-refractivity contribution in [1.82, 2.24) is 0 Å². The van der Waals surface area contributed by atoms with Gasteiger partial charge < -0.3 is 5.11 Å². The molecular weight excluding hydrogens is 295 g/mol. The summed E-state index contributed by atoms with van der Waals surface area (Å²) in [5, 5.41) is 7.95. The SMILES string of the molecule is OC(F)C(F)C(F)C(F)C(F)C(F)C(F)C(F)CF. The molecule has 0 rings (SSSR count). The molecule has 0 aromatic heterocycles. The smallest absolute Gasteiger partial charge is 0.231 e. The molecule has 116 valence electrons. The van der Waals surface area contributed by atoms with Gasteiger partial charge in [0.15, 0.2) is 43.2 Å². The summed E-state index contributed by atoms with van der Waals surface area (Å²) in [6.07, 6.45) is -28.2. The number of aliphatic hydroxyl groups is 1. The van der Waals surface area contributed by atoms with E-state index in [0.29, 0.717) is 0 Å². The summed E-state index contributed by atoms with van der Waals surface area (Å²) in [6, 6.07) is 0. The fourth-order valence-corrected chi connectivity index (χ4v) is 1.14. The zero-order chi connectivity index (χ0) is 15.3. The van der Waals surface area contributed by atoms with E-state index in [2.05, 4.69) is 0 Å². The number of halogens is 9. The van der Waals surface area contributed by atoms with Gasteiger partial charge in [-0.1, -0.05) is 0 Å². The highest BCUT2D eigenvalue weighted by atomic mass is 19.2. The topological polar surface area (TPSA) is 20.2 Å². The van der Waals surface area contributed by atoms with Gasteiger partial charge in [-0.15, -0.1) is 0 Å². The van der Waals surface area contributed by atoms with Crippen LogP contribution in [0.1, 0.15) is 0 Å². The van der Waals surface area contributed by atoms with E-state index in [-0.39, 0.29) is 0 Å². The molecule has 0 aromatic carbocycles. The van der Waals surface area contributed by atoms with Crippen molar-refractivity contribution in [2.24, 2.45) is 0 Å². The van der Waals surface area contributed by atoms with Crippen LogP contribution in [0.2, 0.25) is 0 Å². The van der Waals surface area contributed by atoms with Crippen LogP contribution in [0.5, 0.6) is 0 Å². The Morgan fingerprint density at radius 1 is 0.579 bits per heavy atom. The van der Waals surface area contributed by atoms with Gasteiger partial charge in [0.2, 0.25) is 6.36 Å². The van der Waals surface area contributed by atoms with E-state index in [1.54, 1.807) is 0 Å². The highest BCUT2D eigenvalue weighted by molar-refractivity contribution is 4.91. The molecule has 0 amide bonds. The summed E-state index contributed by atoms with van der Waals surface area (Å²) in [5.74, 6) is 0. The standard InChI is InChI=1S/C9H11F9O/c10-1-2(11)3(12)4(13)5(14)6(15)7(16)8(17)9(18)19/h2-9,19H,1H2. The predicted octanol–water partition coefficient (Wildman–Crippen LogP) is 2.61. The summed E-state index contributed by atoms with van der Waals surface area (Å²) in [5.41, 5.74) is 0. The molecule has 0 saturated heterocycles. The average molecular weight is 306 g/mol. The Balaban J connectivity index is 4.67. The minimum Gasteiger partial charge on any atom is -0.362 e. The van der Waals surface area contributed by atoms with Crippen LogP contribution in [0.3, 0.4) is 0 Å². The minimum atomic E-state index is -3.69. The molecule has 0 radical (unpaired) electrons. The van der Waals surface area contributed by atoms with Crippen LogP contribution < -0.4 is 0 Å². The van der Waals surface area contributed by atoms with E-state index in [9.17, 15) is 39.5 Å². The molecule has 0 spiro atoms. The van der Waals surface area contributed by atoms with Crippen LogP contribution in [-0.4, -0.2) is 61.3 Å². The fourth-order valence-electron chi connectivity index (χ4n) is 1.14. The lowest BCUT2D eigenvalue weighted by Crippen LogP contribution is -2.47. The molecule has 0 aliphatic heterocycles. The van der Waals surface area contributed by atoms with Crippen LogP contribution >= 0.6 is 0 Å². The third kappa shape index (κ3) is 4.73. The molecule has 8 atom stereocenters. The Morgan fingerprint density at radius 3 is 1.21 bits per heavy atom. The molecule has 0 aromatic rings. The number of hydrogen-bond acceptors (Lipinski definition) is 1. The second-order valence-electron chi connectivity index (χ2n) is 3.71. The van der Waals surface area contributed by atoms with Crippen molar-refractivity contribution in [3.8, 4) is 0 Å². The van der Waals surface area contributed by atoms with E-state index in [1.807, 2.05) is 0 Å². The highest BCUT2D eigenvalue weighted by Crippen LogP contribution is 2.27. The van der Waals surface area contributed by atoms with E-state index in [1.165, 1.54) is 0 Å². The first-order chi connectivity index (χ1) is 8.64. The van der Waals surface area contributed by atoms with Crippen molar-refractivity contribution in [2.75, 3.05) is 6.67 Å². The fraction of sp³-hybridized carbons (Fsp3) is 1.00. The van der Waals surface area contributed by atoms with Gasteiger partial charge in [-0.3, -0.25) is 0 Å². The Bertz CT molecular complexity index is 254. The maximum atomic E-state index is 12.9. The van der Waals surface area contributed by atoms with E-state index >= 15 is 0 Å². The van der Waals surface area contributed by atoms with Crippen molar-refractivity contribution < 1.29 is 44.6 Å². The van der Waals surface area contributed by atoms with Crippen molar-refractivity contribution in [2.45, 2.75) is 49.6 Å². The average Bonchev–Trinajstić information content (AvgIpc) is 2.40. The molecular formula is C9H11F9O. The summed E-state index contributed by atoms with van der Waals surface area (Å²) >= 11 is 0. The van der Waals surface area contributed by atoms with Crippen LogP contribution in [0.25, 0.3) is 0 Å². The number of aliphatic hydroxyl groups excluding tert-OH is 1. The van der Waals surface area contributed by atoms with Crippen molar-refractivity contribution in [3.63, 3.8) is 0 Å². The molecule has 19 heavy (non-hydrogen) atoms. The molecule has 8 unspecified atom stereocenters. The normalized spacial score (nSPS) is 24.9. The maximum absolute atomic E-state index is 12.9. The lowest BCUT2D eigenvalue weighted by Gasteiger charge is -2.24. The van der Waals surface area contributed by atoms with Crippen molar-refractivity contribution in [3.05, 3.63) is 0 Å². The molecule has 0 aliphatic carbocycles.